The minimum atomic E-state index is -4.44. The van der Waals surface area contributed by atoms with Gasteiger partial charge in [-0.3, -0.25) is 4.79 Å². The Labute approximate surface area is 153 Å². The first kappa shape index (κ1) is 19.0. The summed E-state index contributed by atoms with van der Waals surface area (Å²) in [6.45, 7) is 1.59. The molecule has 1 amide bonds. The molecule has 1 aromatic heterocycles. The molecule has 144 valence electrons. The molecule has 0 spiro atoms. The van der Waals surface area contributed by atoms with E-state index in [0.717, 1.165) is 18.8 Å². The fourth-order valence-corrected chi connectivity index (χ4v) is 2.54. The first-order valence-electron chi connectivity index (χ1n) is 8.30. The number of morpholine rings is 1. The van der Waals surface area contributed by atoms with Gasteiger partial charge >= 0.3 is 6.18 Å². The molecule has 0 bridgehead atoms. The second-order valence-electron chi connectivity index (χ2n) is 5.89. The van der Waals surface area contributed by atoms with Crippen LogP contribution in [-0.2, 0) is 4.74 Å². The summed E-state index contributed by atoms with van der Waals surface area (Å²) in [6, 6.07) is 9.98. The summed E-state index contributed by atoms with van der Waals surface area (Å²) in [5, 5.41) is 2.72. The van der Waals surface area contributed by atoms with Crippen LogP contribution in [0.2, 0.25) is 0 Å². The van der Waals surface area contributed by atoms with Crippen molar-refractivity contribution >= 4 is 17.3 Å². The SMILES string of the molecule is O=C(Nc1ccc(N2CCOCC2)cc1)c1ccc(OCC(F)(F)F)nc1. The molecule has 0 radical (unpaired) electrons. The smallest absolute Gasteiger partial charge is 0.422 e. The maximum absolute atomic E-state index is 12.2. The molecular weight excluding hydrogens is 363 g/mol. The lowest BCUT2D eigenvalue weighted by Crippen LogP contribution is -2.36. The summed E-state index contributed by atoms with van der Waals surface area (Å²) in [7, 11) is 0. The number of nitrogens with zero attached hydrogens (tertiary/aromatic N) is 2. The van der Waals surface area contributed by atoms with Crippen molar-refractivity contribution in [3.63, 3.8) is 0 Å². The Hall–Kier alpha value is -2.81. The molecular formula is C18H18F3N3O3. The molecule has 2 heterocycles. The number of nitrogens with one attached hydrogen (secondary N) is 1. The number of alkyl halides is 3. The van der Waals surface area contributed by atoms with Crippen LogP contribution in [0.3, 0.4) is 0 Å². The number of benzene rings is 1. The number of ether oxygens (including phenoxy) is 2. The zero-order chi connectivity index (χ0) is 19.3. The van der Waals surface area contributed by atoms with Gasteiger partial charge in [0.05, 0.1) is 18.8 Å². The lowest BCUT2D eigenvalue weighted by molar-refractivity contribution is -0.154. The van der Waals surface area contributed by atoms with E-state index in [1.807, 2.05) is 12.1 Å². The van der Waals surface area contributed by atoms with E-state index < -0.39 is 18.7 Å². The maximum atomic E-state index is 12.2. The summed E-state index contributed by atoms with van der Waals surface area (Å²) in [5.41, 5.74) is 1.87. The number of hydrogen-bond acceptors (Lipinski definition) is 5. The van der Waals surface area contributed by atoms with Crippen LogP contribution in [0.4, 0.5) is 24.5 Å². The van der Waals surface area contributed by atoms with Crippen molar-refractivity contribution in [2.24, 2.45) is 0 Å². The highest BCUT2D eigenvalue weighted by Crippen LogP contribution is 2.20. The van der Waals surface area contributed by atoms with Gasteiger partial charge in [-0.2, -0.15) is 13.2 Å². The molecule has 1 saturated heterocycles. The van der Waals surface area contributed by atoms with Crippen molar-refractivity contribution < 1.29 is 27.4 Å². The average Bonchev–Trinajstić information content (AvgIpc) is 2.67. The second-order valence-corrected chi connectivity index (χ2v) is 5.89. The highest BCUT2D eigenvalue weighted by atomic mass is 19.4. The van der Waals surface area contributed by atoms with Gasteiger partial charge in [-0.25, -0.2) is 4.98 Å². The number of hydrogen-bond donors (Lipinski definition) is 1. The van der Waals surface area contributed by atoms with Crippen LogP contribution < -0.4 is 15.0 Å². The van der Waals surface area contributed by atoms with E-state index in [0.29, 0.717) is 18.9 Å². The van der Waals surface area contributed by atoms with Crippen LogP contribution in [-0.4, -0.2) is 50.0 Å². The number of carbonyl (C=O) groups is 1. The molecule has 9 heteroatoms. The van der Waals surface area contributed by atoms with Gasteiger partial charge in [0.1, 0.15) is 0 Å². The summed E-state index contributed by atoms with van der Waals surface area (Å²) in [4.78, 5) is 18.1. The van der Waals surface area contributed by atoms with Crippen LogP contribution in [0.1, 0.15) is 10.4 Å². The Kier molecular flexibility index (Phi) is 5.80. The largest absolute Gasteiger partial charge is 0.468 e. The van der Waals surface area contributed by atoms with E-state index in [2.05, 4.69) is 19.9 Å². The Morgan fingerprint density at radius 1 is 1.15 bits per heavy atom. The monoisotopic (exact) mass is 381 g/mol. The van der Waals surface area contributed by atoms with Crippen LogP contribution in [0, 0.1) is 0 Å². The Morgan fingerprint density at radius 3 is 2.44 bits per heavy atom. The number of halogens is 3. The molecule has 0 aliphatic carbocycles. The molecule has 1 aromatic carbocycles. The second kappa shape index (κ2) is 8.26. The molecule has 0 unspecified atom stereocenters. The number of aromatic nitrogens is 1. The molecule has 0 atom stereocenters. The fraction of sp³-hybridized carbons (Fsp3) is 0.333. The van der Waals surface area contributed by atoms with Gasteiger partial charge in [0.25, 0.3) is 5.91 Å². The number of amides is 1. The standard InChI is InChI=1S/C18H18F3N3O3/c19-18(20,21)12-27-16-6-1-13(11-22-16)17(25)23-14-2-4-15(5-3-14)24-7-9-26-10-8-24/h1-6,11H,7-10,12H2,(H,23,25). The molecule has 27 heavy (non-hydrogen) atoms. The fourth-order valence-electron chi connectivity index (χ4n) is 2.54. The zero-order valence-electron chi connectivity index (χ0n) is 14.3. The molecule has 1 fully saturated rings. The first-order valence-corrected chi connectivity index (χ1v) is 8.30. The lowest BCUT2D eigenvalue weighted by Gasteiger charge is -2.28. The molecule has 3 rings (SSSR count). The quantitative estimate of drug-likeness (QED) is 0.862. The molecule has 1 aliphatic heterocycles. The lowest BCUT2D eigenvalue weighted by atomic mass is 10.2. The number of anilines is 2. The van der Waals surface area contributed by atoms with Gasteiger partial charge in [0.2, 0.25) is 5.88 Å². The van der Waals surface area contributed by atoms with Gasteiger partial charge in [0, 0.05) is 36.7 Å². The van der Waals surface area contributed by atoms with Crippen molar-refractivity contribution in [2.45, 2.75) is 6.18 Å². The Morgan fingerprint density at radius 2 is 1.85 bits per heavy atom. The predicted octanol–water partition coefficient (Wildman–Crippen LogP) is 3.11. The topological polar surface area (TPSA) is 63.7 Å². The summed E-state index contributed by atoms with van der Waals surface area (Å²) < 4.78 is 46.2. The Bertz CT molecular complexity index is 758. The van der Waals surface area contributed by atoms with Crippen molar-refractivity contribution in [3.05, 3.63) is 48.2 Å². The minimum Gasteiger partial charge on any atom is -0.468 e. The first-order chi connectivity index (χ1) is 12.9. The van der Waals surface area contributed by atoms with E-state index in [4.69, 9.17) is 4.74 Å². The van der Waals surface area contributed by atoms with Crippen molar-refractivity contribution in [3.8, 4) is 5.88 Å². The van der Waals surface area contributed by atoms with Gasteiger partial charge in [-0.05, 0) is 30.3 Å². The van der Waals surface area contributed by atoms with Crippen molar-refractivity contribution in [1.82, 2.24) is 4.98 Å². The highest BCUT2D eigenvalue weighted by molar-refractivity contribution is 6.04. The van der Waals surface area contributed by atoms with E-state index in [9.17, 15) is 18.0 Å². The third-order valence-electron chi connectivity index (χ3n) is 3.88. The third kappa shape index (κ3) is 5.58. The van der Waals surface area contributed by atoms with Crippen LogP contribution in [0.15, 0.2) is 42.6 Å². The summed E-state index contributed by atoms with van der Waals surface area (Å²) in [5.74, 6) is -0.609. The van der Waals surface area contributed by atoms with Crippen LogP contribution in [0.5, 0.6) is 5.88 Å². The van der Waals surface area contributed by atoms with Crippen molar-refractivity contribution in [1.29, 1.82) is 0 Å². The van der Waals surface area contributed by atoms with Gasteiger partial charge in [0.15, 0.2) is 6.61 Å². The summed E-state index contributed by atoms with van der Waals surface area (Å²) in [6.07, 6.45) is -3.27. The van der Waals surface area contributed by atoms with E-state index in [1.54, 1.807) is 12.1 Å². The predicted molar refractivity (Wildman–Crippen MR) is 93.2 cm³/mol. The third-order valence-corrected chi connectivity index (χ3v) is 3.88. The molecule has 1 N–H and O–H groups in total. The number of rotatable bonds is 5. The molecule has 0 saturated carbocycles. The van der Waals surface area contributed by atoms with E-state index in [-0.39, 0.29) is 11.4 Å². The number of pyridine rings is 1. The van der Waals surface area contributed by atoms with Gasteiger partial charge < -0.3 is 19.7 Å². The molecule has 6 nitrogen and oxygen atoms in total. The van der Waals surface area contributed by atoms with Crippen molar-refractivity contribution in [2.75, 3.05) is 43.1 Å². The minimum absolute atomic E-state index is 0.196. The van der Waals surface area contributed by atoms with E-state index >= 15 is 0 Å². The maximum Gasteiger partial charge on any atom is 0.422 e. The Balaban J connectivity index is 1.56. The normalized spacial score (nSPS) is 14.7. The average molecular weight is 381 g/mol. The molecule has 2 aromatic rings. The zero-order valence-corrected chi connectivity index (χ0v) is 14.3. The highest BCUT2D eigenvalue weighted by Gasteiger charge is 2.28. The van der Waals surface area contributed by atoms with Gasteiger partial charge in [-0.1, -0.05) is 0 Å². The number of carbonyl (C=O) groups excluding carboxylic acids is 1. The van der Waals surface area contributed by atoms with Crippen LogP contribution >= 0.6 is 0 Å². The van der Waals surface area contributed by atoms with Gasteiger partial charge in [-0.15, -0.1) is 0 Å². The van der Waals surface area contributed by atoms with E-state index in [1.165, 1.54) is 18.3 Å². The molecule has 1 aliphatic rings. The summed E-state index contributed by atoms with van der Waals surface area (Å²) >= 11 is 0. The van der Waals surface area contributed by atoms with Crippen LogP contribution in [0.25, 0.3) is 0 Å².